The summed E-state index contributed by atoms with van der Waals surface area (Å²) in [5, 5.41) is 3.72. The first-order chi connectivity index (χ1) is 9.58. The maximum absolute atomic E-state index is 5.79. The van der Waals surface area contributed by atoms with E-state index < -0.39 is 0 Å². The van der Waals surface area contributed by atoms with Gasteiger partial charge in [-0.05, 0) is 49.9 Å². The minimum absolute atomic E-state index is 0.262. The lowest BCUT2D eigenvalue weighted by atomic mass is 9.89. The van der Waals surface area contributed by atoms with E-state index >= 15 is 0 Å². The molecule has 0 radical (unpaired) electrons. The summed E-state index contributed by atoms with van der Waals surface area (Å²) >= 11 is 3.55. The normalized spacial score (nSPS) is 22.4. The van der Waals surface area contributed by atoms with Gasteiger partial charge in [0.25, 0.3) is 0 Å². The van der Waals surface area contributed by atoms with E-state index in [9.17, 15) is 0 Å². The topological polar surface area (TPSA) is 30.5 Å². The van der Waals surface area contributed by atoms with Gasteiger partial charge < -0.3 is 14.8 Å². The largest absolute Gasteiger partial charge is 0.382 e. The summed E-state index contributed by atoms with van der Waals surface area (Å²) in [6.45, 7) is 5.83. The predicted octanol–water partition coefficient (Wildman–Crippen LogP) is 4.16. The number of benzene rings is 1. The Morgan fingerprint density at radius 1 is 1.10 bits per heavy atom. The smallest absolute Gasteiger partial charge is 0.168 e. The first kappa shape index (κ1) is 14.4. The molecule has 1 heterocycles. The number of anilines is 1. The lowest BCUT2D eigenvalue weighted by Crippen LogP contribution is -2.39. The van der Waals surface area contributed by atoms with E-state index in [-0.39, 0.29) is 5.79 Å². The van der Waals surface area contributed by atoms with Gasteiger partial charge in [0.2, 0.25) is 0 Å². The SMILES string of the molecule is Cc1cc(Br)cc(C)c1NC1CCC2(CC1)OCCO2. The summed E-state index contributed by atoms with van der Waals surface area (Å²) in [5.74, 6) is -0.262. The summed E-state index contributed by atoms with van der Waals surface area (Å²) in [6, 6.07) is 4.86. The van der Waals surface area contributed by atoms with Gasteiger partial charge in [-0.3, -0.25) is 0 Å². The molecule has 1 N–H and O–H groups in total. The average molecular weight is 340 g/mol. The Morgan fingerprint density at radius 3 is 2.20 bits per heavy atom. The third kappa shape index (κ3) is 2.87. The van der Waals surface area contributed by atoms with Crippen molar-refractivity contribution >= 4 is 21.6 Å². The number of hydrogen-bond acceptors (Lipinski definition) is 3. The van der Waals surface area contributed by atoms with E-state index in [4.69, 9.17) is 9.47 Å². The number of aryl methyl sites for hydroxylation is 2. The molecule has 20 heavy (non-hydrogen) atoms. The van der Waals surface area contributed by atoms with Crippen molar-refractivity contribution in [1.29, 1.82) is 0 Å². The number of rotatable bonds is 2. The van der Waals surface area contributed by atoms with Crippen LogP contribution in [0.4, 0.5) is 5.69 Å². The van der Waals surface area contributed by atoms with Crippen LogP contribution in [0.1, 0.15) is 36.8 Å². The minimum Gasteiger partial charge on any atom is -0.382 e. The fourth-order valence-corrected chi connectivity index (χ4v) is 4.02. The molecule has 2 aliphatic rings. The number of halogens is 1. The molecule has 3 nitrogen and oxygen atoms in total. The molecule has 0 aromatic heterocycles. The van der Waals surface area contributed by atoms with Crippen LogP contribution < -0.4 is 5.32 Å². The van der Waals surface area contributed by atoms with Crippen LogP contribution in [0.3, 0.4) is 0 Å². The van der Waals surface area contributed by atoms with Crippen molar-refractivity contribution in [3.8, 4) is 0 Å². The van der Waals surface area contributed by atoms with E-state index in [0.29, 0.717) is 6.04 Å². The maximum Gasteiger partial charge on any atom is 0.168 e. The molecule has 1 spiro atoms. The Bertz CT molecular complexity index is 464. The molecule has 3 rings (SSSR count). The Labute approximate surface area is 129 Å². The highest BCUT2D eigenvalue weighted by molar-refractivity contribution is 9.10. The van der Waals surface area contributed by atoms with E-state index in [2.05, 4.69) is 47.2 Å². The van der Waals surface area contributed by atoms with Crippen LogP contribution in [0.2, 0.25) is 0 Å². The Balaban J connectivity index is 1.65. The highest BCUT2D eigenvalue weighted by atomic mass is 79.9. The van der Waals surface area contributed by atoms with Gasteiger partial charge in [-0.2, -0.15) is 0 Å². The van der Waals surface area contributed by atoms with Gasteiger partial charge in [-0.1, -0.05) is 15.9 Å². The standard InChI is InChI=1S/C16H22BrNO2/c1-11-9-13(17)10-12(2)15(11)18-14-3-5-16(6-4-14)19-7-8-20-16/h9-10,14,18H,3-8H2,1-2H3. The molecule has 1 aliphatic heterocycles. The summed E-state index contributed by atoms with van der Waals surface area (Å²) < 4.78 is 12.7. The van der Waals surface area contributed by atoms with E-state index in [0.717, 1.165) is 43.4 Å². The van der Waals surface area contributed by atoms with Crippen molar-refractivity contribution in [2.45, 2.75) is 51.4 Å². The van der Waals surface area contributed by atoms with Crippen LogP contribution in [0.25, 0.3) is 0 Å². The molecule has 110 valence electrons. The van der Waals surface area contributed by atoms with Crippen LogP contribution >= 0.6 is 15.9 Å². The van der Waals surface area contributed by atoms with Crippen molar-refractivity contribution in [1.82, 2.24) is 0 Å². The van der Waals surface area contributed by atoms with Gasteiger partial charge >= 0.3 is 0 Å². The summed E-state index contributed by atoms with van der Waals surface area (Å²) in [7, 11) is 0. The van der Waals surface area contributed by atoms with Crippen LogP contribution in [-0.4, -0.2) is 25.0 Å². The lowest BCUT2D eigenvalue weighted by Gasteiger charge is -2.36. The van der Waals surface area contributed by atoms with Crippen molar-refractivity contribution in [2.24, 2.45) is 0 Å². The van der Waals surface area contributed by atoms with E-state index in [1.54, 1.807) is 0 Å². The monoisotopic (exact) mass is 339 g/mol. The minimum atomic E-state index is -0.262. The molecule has 2 fully saturated rings. The Kier molecular flexibility index (Phi) is 4.07. The van der Waals surface area contributed by atoms with Crippen LogP contribution in [0.5, 0.6) is 0 Å². The van der Waals surface area contributed by atoms with Gasteiger partial charge in [0.15, 0.2) is 5.79 Å². The predicted molar refractivity (Wildman–Crippen MR) is 84.1 cm³/mol. The fraction of sp³-hybridized carbons (Fsp3) is 0.625. The number of nitrogens with one attached hydrogen (secondary N) is 1. The second-order valence-electron chi connectivity index (χ2n) is 5.94. The number of ether oxygens (including phenoxy) is 2. The van der Waals surface area contributed by atoms with Gasteiger partial charge in [0, 0.05) is 29.0 Å². The summed E-state index contributed by atoms with van der Waals surface area (Å²) in [4.78, 5) is 0. The van der Waals surface area contributed by atoms with Gasteiger partial charge in [0.1, 0.15) is 0 Å². The second kappa shape index (κ2) is 5.66. The zero-order valence-electron chi connectivity index (χ0n) is 12.2. The van der Waals surface area contributed by atoms with Crippen molar-refractivity contribution in [3.05, 3.63) is 27.7 Å². The molecule has 0 amide bonds. The second-order valence-corrected chi connectivity index (χ2v) is 6.86. The summed E-state index contributed by atoms with van der Waals surface area (Å²) in [6.07, 6.45) is 4.21. The molecule has 1 aromatic carbocycles. The zero-order valence-corrected chi connectivity index (χ0v) is 13.8. The highest BCUT2D eigenvalue weighted by Gasteiger charge is 2.40. The molecule has 1 aliphatic carbocycles. The molecular weight excluding hydrogens is 318 g/mol. The van der Waals surface area contributed by atoms with E-state index in [1.165, 1.54) is 16.8 Å². The van der Waals surface area contributed by atoms with E-state index in [1.807, 2.05) is 0 Å². The van der Waals surface area contributed by atoms with Crippen LogP contribution in [-0.2, 0) is 9.47 Å². The molecule has 1 saturated carbocycles. The quantitative estimate of drug-likeness (QED) is 0.877. The average Bonchev–Trinajstić information content (AvgIpc) is 2.85. The van der Waals surface area contributed by atoms with Gasteiger partial charge in [-0.25, -0.2) is 0 Å². The fourth-order valence-electron chi connectivity index (χ4n) is 3.33. The van der Waals surface area contributed by atoms with Crippen molar-refractivity contribution in [3.63, 3.8) is 0 Å². The highest BCUT2D eigenvalue weighted by Crippen LogP contribution is 2.37. The van der Waals surface area contributed by atoms with Crippen LogP contribution in [0.15, 0.2) is 16.6 Å². The third-order valence-corrected chi connectivity index (χ3v) is 4.86. The Hall–Kier alpha value is -0.580. The van der Waals surface area contributed by atoms with Crippen molar-refractivity contribution < 1.29 is 9.47 Å². The molecule has 4 heteroatoms. The number of hydrogen-bond donors (Lipinski definition) is 1. The third-order valence-electron chi connectivity index (χ3n) is 4.41. The van der Waals surface area contributed by atoms with Crippen molar-refractivity contribution in [2.75, 3.05) is 18.5 Å². The van der Waals surface area contributed by atoms with Gasteiger partial charge in [0.05, 0.1) is 13.2 Å². The molecule has 1 saturated heterocycles. The first-order valence-corrected chi connectivity index (χ1v) is 8.18. The maximum atomic E-state index is 5.79. The zero-order chi connectivity index (χ0) is 14.2. The van der Waals surface area contributed by atoms with Crippen LogP contribution in [0, 0.1) is 13.8 Å². The first-order valence-electron chi connectivity index (χ1n) is 7.39. The molecule has 1 aromatic rings. The molecule has 0 bridgehead atoms. The molecular formula is C16H22BrNO2. The summed E-state index contributed by atoms with van der Waals surface area (Å²) in [5.41, 5.74) is 3.87. The van der Waals surface area contributed by atoms with Gasteiger partial charge in [-0.15, -0.1) is 0 Å². The molecule has 0 unspecified atom stereocenters. The lowest BCUT2D eigenvalue weighted by molar-refractivity contribution is -0.177. The Morgan fingerprint density at radius 2 is 1.65 bits per heavy atom. The molecule has 0 atom stereocenters.